The maximum atomic E-state index is 13.8. The van der Waals surface area contributed by atoms with Gasteiger partial charge in [0.25, 0.3) is 5.91 Å². The lowest BCUT2D eigenvalue weighted by Gasteiger charge is -2.11. The zero-order valence-corrected chi connectivity index (χ0v) is 14.5. The van der Waals surface area contributed by atoms with Crippen molar-refractivity contribution in [1.29, 1.82) is 0 Å². The zero-order chi connectivity index (χ0) is 19.1. The van der Waals surface area contributed by atoms with Gasteiger partial charge >= 0.3 is 5.97 Å². The van der Waals surface area contributed by atoms with Crippen molar-refractivity contribution in [1.82, 2.24) is 0 Å². The maximum Gasteiger partial charge on any atom is 0.341 e. The van der Waals surface area contributed by atoms with Crippen molar-refractivity contribution in [2.45, 2.75) is 0 Å². The molecular formula is C18H18FNO6. The lowest BCUT2D eigenvalue weighted by atomic mass is 10.2. The van der Waals surface area contributed by atoms with E-state index >= 15 is 0 Å². The molecule has 7 nitrogen and oxygen atoms in total. The van der Waals surface area contributed by atoms with E-state index in [0.29, 0.717) is 17.2 Å². The predicted octanol–water partition coefficient (Wildman–Crippen LogP) is 2.65. The minimum absolute atomic E-state index is 0.269. The van der Waals surface area contributed by atoms with Crippen LogP contribution >= 0.6 is 0 Å². The van der Waals surface area contributed by atoms with Crippen molar-refractivity contribution in [2.24, 2.45) is 0 Å². The number of methoxy groups -OCH3 is 3. The molecule has 0 unspecified atom stereocenters. The molecule has 0 aliphatic heterocycles. The Balaban J connectivity index is 1.95. The van der Waals surface area contributed by atoms with Crippen LogP contribution in [0.4, 0.5) is 10.1 Å². The maximum absolute atomic E-state index is 13.8. The molecule has 2 rings (SSSR count). The number of carbonyl (C=O) groups is 2. The quantitative estimate of drug-likeness (QED) is 0.762. The van der Waals surface area contributed by atoms with Gasteiger partial charge in [0, 0.05) is 17.8 Å². The fraction of sp³-hybridized carbons (Fsp3) is 0.222. The third kappa shape index (κ3) is 4.62. The molecule has 0 spiro atoms. The third-order valence-corrected chi connectivity index (χ3v) is 3.40. The van der Waals surface area contributed by atoms with Gasteiger partial charge in [0.2, 0.25) is 0 Å². The van der Waals surface area contributed by atoms with E-state index in [1.54, 1.807) is 18.2 Å². The Kier molecular flexibility index (Phi) is 6.37. The summed E-state index contributed by atoms with van der Waals surface area (Å²) in [4.78, 5) is 23.8. The summed E-state index contributed by atoms with van der Waals surface area (Å²) < 4.78 is 33.7. The number of esters is 1. The summed E-state index contributed by atoms with van der Waals surface area (Å²) in [6.07, 6.45) is 0. The van der Waals surface area contributed by atoms with Crippen LogP contribution in [0.1, 0.15) is 10.4 Å². The Morgan fingerprint density at radius 3 is 2.31 bits per heavy atom. The summed E-state index contributed by atoms with van der Waals surface area (Å²) in [5.74, 6) is -1.12. The van der Waals surface area contributed by atoms with E-state index in [-0.39, 0.29) is 11.3 Å². The van der Waals surface area contributed by atoms with E-state index in [1.165, 1.54) is 33.5 Å². The molecule has 0 radical (unpaired) electrons. The van der Waals surface area contributed by atoms with E-state index in [4.69, 9.17) is 18.9 Å². The van der Waals surface area contributed by atoms with E-state index in [1.807, 2.05) is 0 Å². The number of ether oxygens (including phenoxy) is 4. The smallest absolute Gasteiger partial charge is 0.341 e. The van der Waals surface area contributed by atoms with Gasteiger partial charge in [0.05, 0.1) is 26.9 Å². The minimum Gasteiger partial charge on any atom is -0.497 e. The van der Waals surface area contributed by atoms with Crippen molar-refractivity contribution in [2.75, 3.05) is 33.3 Å². The Morgan fingerprint density at radius 1 is 0.962 bits per heavy atom. The molecule has 0 aliphatic rings. The Labute approximate surface area is 149 Å². The van der Waals surface area contributed by atoms with Gasteiger partial charge in [-0.05, 0) is 24.3 Å². The molecule has 8 heteroatoms. The first-order chi connectivity index (χ1) is 12.5. The van der Waals surface area contributed by atoms with Gasteiger partial charge in [0.1, 0.15) is 11.6 Å². The summed E-state index contributed by atoms with van der Waals surface area (Å²) in [6.45, 7) is -0.571. The molecule has 0 atom stereocenters. The first kappa shape index (κ1) is 19.0. The molecule has 0 heterocycles. The number of carbonyl (C=O) groups excluding carboxylic acids is 2. The van der Waals surface area contributed by atoms with Crippen LogP contribution in [0.3, 0.4) is 0 Å². The Bertz CT molecular complexity index is 808. The average molecular weight is 363 g/mol. The lowest BCUT2D eigenvalue weighted by molar-refractivity contribution is -0.119. The number of rotatable bonds is 7. The number of amides is 1. The van der Waals surface area contributed by atoms with Gasteiger partial charge in [-0.25, -0.2) is 9.18 Å². The highest BCUT2D eigenvalue weighted by molar-refractivity contribution is 5.95. The molecule has 0 bridgehead atoms. The first-order valence-electron chi connectivity index (χ1n) is 7.51. The van der Waals surface area contributed by atoms with E-state index < -0.39 is 24.3 Å². The molecule has 2 aromatic carbocycles. The molecule has 1 amide bonds. The van der Waals surface area contributed by atoms with E-state index in [0.717, 1.165) is 6.07 Å². The Morgan fingerprint density at radius 2 is 1.69 bits per heavy atom. The van der Waals surface area contributed by atoms with Crippen LogP contribution in [0.15, 0.2) is 36.4 Å². The van der Waals surface area contributed by atoms with Gasteiger partial charge in [-0.3, -0.25) is 4.79 Å². The van der Waals surface area contributed by atoms with Gasteiger partial charge in [-0.15, -0.1) is 0 Å². The van der Waals surface area contributed by atoms with Gasteiger partial charge in [-0.1, -0.05) is 0 Å². The molecule has 138 valence electrons. The van der Waals surface area contributed by atoms with Crippen molar-refractivity contribution in [3.8, 4) is 17.2 Å². The predicted molar refractivity (Wildman–Crippen MR) is 91.4 cm³/mol. The normalized spacial score (nSPS) is 10.0. The summed E-state index contributed by atoms with van der Waals surface area (Å²) in [5.41, 5.74) is 0.143. The van der Waals surface area contributed by atoms with Crippen LogP contribution < -0.4 is 19.5 Å². The van der Waals surface area contributed by atoms with Crippen LogP contribution in [-0.4, -0.2) is 39.8 Å². The lowest BCUT2D eigenvalue weighted by Crippen LogP contribution is -2.21. The number of nitrogens with one attached hydrogen (secondary N) is 1. The van der Waals surface area contributed by atoms with E-state index in [9.17, 15) is 14.0 Å². The third-order valence-electron chi connectivity index (χ3n) is 3.40. The monoisotopic (exact) mass is 363 g/mol. The summed E-state index contributed by atoms with van der Waals surface area (Å²) in [5, 5.41) is 2.54. The van der Waals surface area contributed by atoms with Crippen LogP contribution in [0.2, 0.25) is 0 Å². The number of hydrogen-bond donors (Lipinski definition) is 1. The zero-order valence-electron chi connectivity index (χ0n) is 14.5. The fourth-order valence-electron chi connectivity index (χ4n) is 2.11. The summed E-state index contributed by atoms with van der Waals surface area (Å²) >= 11 is 0. The van der Waals surface area contributed by atoms with Crippen molar-refractivity contribution in [3.05, 3.63) is 47.8 Å². The Hall–Kier alpha value is -3.29. The molecule has 0 fully saturated rings. The van der Waals surface area contributed by atoms with Gasteiger partial charge < -0.3 is 24.3 Å². The fourth-order valence-corrected chi connectivity index (χ4v) is 2.11. The molecule has 0 aliphatic carbocycles. The van der Waals surface area contributed by atoms with Gasteiger partial charge in [0.15, 0.2) is 18.1 Å². The SMILES string of the molecule is COc1ccc(C(=O)OCC(=O)Nc2ccc(OC)c(OC)c2)c(F)c1. The molecule has 0 aromatic heterocycles. The van der Waals surface area contributed by atoms with Crippen LogP contribution in [-0.2, 0) is 9.53 Å². The highest BCUT2D eigenvalue weighted by atomic mass is 19.1. The largest absolute Gasteiger partial charge is 0.497 e. The van der Waals surface area contributed by atoms with Crippen molar-refractivity contribution >= 4 is 17.6 Å². The highest BCUT2D eigenvalue weighted by Crippen LogP contribution is 2.29. The topological polar surface area (TPSA) is 83.1 Å². The number of benzene rings is 2. The van der Waals surface area contributed by atoms with Crippen LogP contribution in [0.5, 0.6) is 17.2 Å². The van der Waals surface area contributed by atoms with Crippen molar-refractivity contribution in [3.63, 3.8) is 0 Å². The number of hydrogen-bond acceptors (Lipinski definition) is 6. The molecule has 0 saturated carbocycles. The molecular weight excluding hydrogens is 345 g/mol. The molecule has 1 N–H and O–H groups in total. The highest BCUT2D eigenvalue weighted by Gasteiger charge is 2.16. The van der Waals surface area contributed by atoms with Crippen LogP contribution in [0.25, 0.3) is 0 Å². The van der Waals surface area contributed by atoms with Crippen LogP contribution in [0, 0.1) is 5.82 Å². The molecule has 0 saturated heterocycles. The van der Waals surface area contributed by atoms with E-state index in [2.05, 4.69) is 5.32 Å². The summed E-state index contributed by atoms with van der Waals surface area (Å²) in [7, 11) is 4.34. The van der Waals surface area contributed by atoms with Crippen molar-refractivity contribution < 1.29 is 32.9 Å². The number of anilines is 1. The second-order valence-electron chi connectivity index (χ2n) is 5.04. The summed E-state index contributed by atoms with van der Waals surface area (Å²) in [6, 6.07) is 8.48. The minimum atomic E-state index is -0.951. The molecule has 2 aromatic rings. The molecule has 26 heavy (non-hydrogen) atoms. The second kappa shape index (κ2) is 8.70. The first-order valence-corrected chi connectivity index (χ1v) is 7.51. The van der Waals surface area contributed by atoms with Gasteiger partial charge in [-0.2, -0.15) is 0 Å². The second-order valence-corrected chi connectivity index (χ2v) is 5.04. The average Bonchev–Trinajstić information content (AvgIpc) is 2.65. The number of halogens is 1. The standard InChI is InChI=1S/C18H18FNO6/c1-23-12-5-6-13(14(19)9-12)18(22)26-10-17(21)20-11-4-7-15(24-2)16(8-11)25-3/h4-9H,10H2,1-3H3,(H,20,21).